The van der Waals surface area contributed by atoms with Crippen molar-refractivity contribution in [3.63, 3.8) is 0 Å². The SMILES string of the molecule is COC(=O)C1(N)CCCC1CCN1CCn2cnnc2C1. The molecule has 0 spiro atoms. The van der Waals surface area contributed by atoms with Crippen molar-refractivity contribution in [3.8, 4) is 0 Å². The molecule has 1 aliphatic heterocycles. The van der Waals surface area contributed by atoms with E-state index in [2.05, 4.69) is 19.7 Å². The first kappa shape index (κ1) is 14.5. The molecule has 3 rings (SSSR count). The Bertz CT molecular complexity index is 517. The smallest absolute Gasteiger partial charge is 0.326 e. The van der Waals surface area contributed by atoms with Gasteiger partial charge in [0.1, 0.15) is 17.7 Å². The predicted molar refractivity (Wildman–Crippen MR) is 76.2 cm³/mol. The van der Waals surface area contributed by atoms with Gasteiger partial charge in [-0.1, -0.05) is 6.42 Å². The number of nitrogens with two attached hydrogens (primary N) is 1. The number of hydrogen-bond donors (Lipinski definition) is 1. The van der Waals surface area contributed by atoms with Gasteiger partial charge < -0.3 is 15.0 Å². The lowest BCUT2D eigenvalue weighted by Crippen LogP contribution is -2.52. The summed E-state index contributed by atoms with van der Waals surface area (Å²) < 4.78 is 6.99. The zero-order valence-electron chi connectivity index (χ0n) is 12.5. The first-order valence-electron chi connectivity index (χ1n) is 7.60. The molecule has 1 aromatic rings. The van der Waals surface area contributed by atoms with Gasteiger partial charge in [0.05, 0.1) is 13.7 Å². The van der Waals surface area contributed by atoms with Crippen LogP contribution in [-0.4, -0.2) is 51.4 Å². The first-order valence-corrected chi connectivity index (χ1v) is 7.60. The van der Waals surface area contributed by atoms with Crippen molar-refractivity contribution in [2.75, 3.05) is 20.2 Å². The number of rotatable bonds is 4. The Morgan fingerprint density at radius 3 is 3.24 bits per heavy atom. The molecule has 21 heavy (non-hydrogen) atoms. The minimum Gasteiger partial charge on any atom is -0.468 e. The highest BCUT2D eigenvalue weighted by atomic mass is 16.5. The molecule has 0 saturated heterocycles. The van der Waals surface area contributed by atoms with Crippen molar-refractivity contribution in [1.29, 1.82) is 0 Å². The Morgan fingerprint density at radius 1 is 1.57 bits per heavy atom. The Labute approximate surface area is 124 Å². The van der Waals surface area contributed by atoms with Crippen molar-refractivity contribution in [2.45, 2.75) is 44.3 Å². The van der Waals surface area contributed by atoms with E-state index in [1.165, 1.54) is 7.11 Å². The number of hydrogen-bond acceptors (Lipinski definition) is 6. The van der Waals surface area contributed by atoms with Crippen LogP contribution in [0.3, 0.4) is 0 Å². The molecule has 0 aromatic carbocycles. The molecule has 0 amide bonds. The number of carbonyl (C=O) groups excluding carboxylic acids is 1. The molecule has 0 radical (unpaired) electrons. The summed E-state index contributed by atoms with van der Waals surface area (Å²) in [6, 6.07) is 0. The average Bonchev–Trinajstić information content (AvgIpc) is 3.10. The van der Waals surface area contributed by atoms with Gasteiger partial charge in [-0.3, -0.25) is 9.69 Å². The molecule has 1 aromatic heterocycles. The maximum Gasteiger partial charge on any atom is 0.326 e. The fourth-order valence-corrected chi connectivity index (χ4v) is 3.61. The van der Waals surface area contributed by atoms with Crippen molar-refractivity contribution in [2.24, 2.45) is 11.7 Å². The lowest BCUT2D eigenvalue weighted by atomic mass is 9.85. The van der Waals surface area contributed by atoms with E-state index in [-0.39, 0.29) is 11.9 Å². The topological polar surface area (TPSA) is 86.3 Å². The highest BCUT2D eigenvalue weighted by Gasteiger charge is 2.46. The van der Waals surface area contributed by atoms with Gasteiger partial charge in [0, 0.05) is 13.1 Å². The van der Waals surface area contributed by atoms with Gasteiger partial charge >= 0.3 is 5.97 Å². The summed E-state index contributed by atoms with van der Waals surface area (Å²) in [5, 5.41) is 8.07. The van der Waals surface area contributed by atoms with E-state index in [0.29, 0.717) is 0 Å². The minimum atomic E-state index is -0.787. The van der Waals surface area contributed by atoms with Crippen LogP contribution in [0.5, 0.6) is 0 Å². The van der Waals surface area contributed by atoms with Gasteiger partial charge in [-0.2, -0.15) is 0 Å². The zero-order valence-corrected chi connectivity index (χ0v) is 12.5. The van der Waals surface area contributed by atoms with Crippen molar-refractivity contribution in [1.82, 2.24) is 19.7 Å². The van der Waals surface area contributed by atoms with E-state index < -0.39 is 5.54 Å². The maximum absolute atomic E-state index is 11.9. The van der Waals surface area contributed by atoms with Gasteiger partial charge in [0.2, 0.25) is 0 Å². The third kappa shape index (κ3) is 2.67. The summed E-state index contributed by atoms with van der Waals surface area (Å²) in [5.74, 6) is 0.966. The number of nitrogens with zero attached hydrogens (tertiary/aromatic N) is 4. The highest BCUT2D eigenvalue weighted by molar-refractivity contribution is 5.81. The van der Waals surface area contributed by atoms with E-state index in [4.69, 9.17) is 10.5 Å². The molecule has 1 saturated carbocycles. The highest BCUT2D eigenvalue weighted by Crippen LogP contribution is 2.37. The summed E-state index contributed by atoms with van der Waals surface area (Å²) in [7, 11) is 1.42. The largest absolute Gasteiger partial charge is 0.468 e. The summed E-state index contributed by atoms with van der Waals surface area (Å²) in [5.41, 5.74) is 5.53. The molecule has 7 heteroatoms. The lowest BCUT2D eigenvalue weighted by Gasteiger charge is -2.32. The van der Waals surface area contributed by atoms with Gasteiger partial charge in [0.15, 0.2) is 0 Å². The summed E-state index contributed by atoms with van der Waals surface area (Å²) in [6.45, 7) is 3.68. The quantitative estimate of drug-likeness (QED) is 0.796. The lowest BCUT2D eigenvalue weighted by molar-refractivity contribution is -0.148. The fraction of sp³-hybridized carbons (Fsp3) is 0.786. The molecule has 2 N–H and O–H groups in total. The van der Waals surface area contributed by atoms with Crippen LogP contribution in [-0.2, 0) is 22.6 Å². The second-order valence-electron chi connectivity index (χ2n) is 6.13. The number of esters is 1. The van der Waals surface area contributed by atoms with Crippen LogP contribution < -0.4 is 5.73 Å². The summed E-state index contributed by atoms with van der Waals surface area (Å²) in [4.78, 5) is 14.3. The Hall–Kier alpha value is -1.47. The van der Waals surface area contributed by atoms with Crippen LogP contribution in [0.2, 0.25) is 0 Å². The first-order chi connectivity index (χ1) is 10.1. The summed E-state index contributed by atoms with van der Waals surface area (Å²) >= 11 is 0. The number of ether oxygens (including phenoxy) is 1. The standard InChI is InChI=1S/C14H23N5O2/c1-21-13(20)14(15)5-2-3-11(14)4-6-18-7-8-19-10-16-17-12(19)9-18/h10-11H,2-9,15H2,1H3. The molecule has 116 valence electrons. The second-order valence-corrected chi connectivity index (χ2v) is 6.13. The van der Waals surface area contributed by atoms with E-state index in [1.54, 1.807) is 6.33 Å². The Kier molecular flexibility index (Phi) is 3.95. The van der Waals surface area contributed by atoms with E-state index in [1.807, 2.05) is 0 Å². The van der Waals surface area contributed by atoms with Crippen LogP contribution in [0, 0.1) is 5.92 Å². The maximum atomic E-state index is 11.9. The van der Waals surface area contributed by atoms with Crippen LogP contribution in [0.25, 0.3) is 0 Å². The molecule has 2 unspecified atom stereocenters. The molecular weight excluding hydrogens is 270 g/mol. The van der Waals surface area contributed by atoms with E-state index in [9.17, 15) is 4.79 Å². The predicted octanol–water partition coefficient (Wildman–Crippen LogP) is 0.154. The van der Waals surface area contributed by atoms with Crippen LogP contribution in [0.15, 0.2) is 6.33 Å². The molecule has 2 atom stereocenters. The average molecular weight is 293 g/mol. The fourth-order valence-electron chi connectivity index (χ4n) is 3.61. The normalized spacial score (nSPS) is 29.3. The van der Waals surface area contributed by atoms with Crippen LogP contribution >= 0.6 is 0 Å². The van der Waals surface area contributed by atoms with E-state index >= 15 is 0 Å². The molecule has 0 bridgehead atoms. The van der Waals surface area contributed by atoms with Crippen LogP contribution in [0.4, 0.5) is 0 Å². The van der Waals surface area contributed by atoms with Gasteiger partial charge in [-0.15, -0.1) is 10.2 Å². The number of fused-ring (bicyclic) bond motifs is 1. The van der Waals surface area contributed by atoms with Crippen molar-refractivity contribution < 1.29 is 9.53 Å². The van der Waals surface area contributed by atoms with Gasteiger partial charge in [-0.05, 0) is 31.7 Å². The number of methoxy groups -OCH3 is 1. The van der Waals surface area contributed by atoms with Crippen LogP contribution in [0.1, 0.15) is 31.5 Å². The monoisotopic (exact) mass is 293 g/mol. The third-order valence-electron chi connectivity index (χ3n) is 4.95. The third-order valence-corrected chi connectivity index (χ3v) is 4.95. The molecule has 2 heterocycles. The summed E-state index contributed by atoms with van der Waals surface area (Å²) in [6.07, 6.45) is 5.46. The van der Waals surface area contributed by atoms with Crippen molar-refractivity contribution in [3.05, 3.63) is 12.2 Å². The second kappa shape index (κ2) is 5.73. The van der Waals surface area contributed by atoms with Gasteiger partial charge in [0.25, 0.3) is 0 Å². The molecule has 1 fully saturated rings. The van der Waals surface area contributed by atoms with E-state index in [0.717, 1.165) is 57.7 Å². The number of aromatic nitrogens is 3. The Morgan fingerprint density at radius 2 is 2.43 bits per heavy atom. The molecule has 7 nitrogen and oxygen atoms in total. The number of carbonyl (C=O) groups is 1. The Balaban J connectivity index is 1.57. The molecule has 1 aliphatic carbocycles. The molecule has 2 aliphatic rings. The minimum absolute atomic E-state index is 0.213. The van der Waals surface area contributed by atoms with Crippen molar-refractivity contribution >= 4 is 5.97 Å². The molecular formula is C14H23N5O2. The van der Waals surface area contributed by atoms with Gasteiger partial charge in [-0.25, -0.2) is 0 Å². The zero-order chi connectivity index (χ0) is 14.9.